The van der Waals surface area contributed by atoms with Gasteiger partial charge >= 0.3 is 0 Å². The molecule has 0 aliphatic carbocycles. The Balaban J connectivity index is 2.52. The van der Waals surface area contributed by atoms with Gasteiger partial charge in [-0.15, -0.1) is 0 Å². The Hall–Kier alpha value is -1.19. The zero-order valence-corrected chi connectivity index (χ0v) is 12.3. The quantitative estimate of drug-likeness (QED) is 0.674. The van der Waals surface area contributed by atoms with Crippen molar-refractivity contribution in [3.63, 3.8) is 0 Å². The highest BCUT2D eigenvalue weighted by Gasteiger charge is 2.21. The van der Waals surface area contributed by atoms with Gasteiger partial charge in [-0.1, -0.05) is 37.3 Å². The molecule has 1 atom stereocenters. The lowest BCUT2D eigenvalue weighted by molar-refractivity contribution is -0.0230. The fourth-order valence-electron chi connectivity index (χ4n) is 1.72. The molecule has 1 rings (SSSR count). The maximum atomic E-state index is 12.2. The fourth-order valence-corrected chi connectivity index (χ4v) is 1.72. The van der Waals surface area contributed by atoms with Gasteiger partial charge in [0.1, 0.15) is 6.10 Å². The maximum absolute atomic E-state index is 12.2. The van der Waals surface area contributed by atoms with Crippen LogP contribution in [0.25, 0.3) is 0 Å². The molecule has 0 aliphatic rings. The summed E-state index contributed by atoms with van der Waals surface area (Å²) < 4.78 is 11.0. The minimum atomic E-state index is -0.366. The average Bonchev–Trinajstić information content (AvgIpc) is 2.44. The van der Waals surface area contributed by atoms with Crippen molar-refractivity contribution in [1.82, 2.24) is 0 Å². The second kappa shape index (κ2) is 7.41. The van der Waals surface area contributed by atoms with Crippen molar-refractivity contribution in [2.75, 3.05) is 13.7 Å². The molecule has 106 valence electrons. The summed E-state index contributed by atoms with van der Waals surface area (Å²) in [4.78, 5) is 12.2. The zero-order valence-electron chi connectivity index (χ0n) is 12.3. The molecule has 0 fully saturated rings. The first-order valence-electron chi connectivity index (χ1n) is 6.76. The van der Waals surface area contributed by atoms with E-state index in [2.05, 4.69) is 0 Å². The van der Waals surface area contributed by atoms with Gasteiger partial charge in [0, 0.05) is 12.7 Å². The number of benzene rings is 1. The second-order valence-electron chi connectivity index (χ2n) is 5.21. The van der Waals surface area contributed by atoms with E-state index in [1.807, 2.05) is 51.1 Å². The van der Waals surface area contributed by atoms with Crippen LogP contribution in [0.4, 0.5) is 0 Å². The maximum Gasteiger partial charge on any atom is 0.191 e. The van der Waals surface area contributed by atoms with Crippen molar-refractivity contribution in [2.24, 2.45) is 0 Å². The number of hydrogen-bond acceptors (Lipinski definition) is 3. The van der Waals surface area contributed by atoms with Crippen molar-refractivity contribution in [3.8, 4) is 0 Å². The third kappa shape index (κ3) is 5.13. The molecule has 3 nitrogen and oxygen atoms in total. The van der Waals surface area contributed by atoms with Crippen LogP contribution in [0.3, 0.4) is 0 Å². The van der Waals surface area contributed by atoms with E-state index >= 15 is 0 Å². The van der Waals surface area contributed by atoms with Crippen molar-refractivity contribution in [2.45, 2.75) is 45.3 Å². The molecule has 0 bridgehead atoms. The Morgan fingerprint density at radius 3 is 2.42 bits per heavy atom. The predicted octanol–water partition coefficient (Wildman–Crippen LogP) is 3.48. The Bertz CT molecular complexity index is 384. The fraction of sp³-hybridized carbons (Fsp3) is 0.562. The minimum Gasteiger partial charge on any atom is -0.379 e. The molecular formula is C16H24O3. The number of ketones is 1. The number of Topliss-reactive ketones (excluding diaryl/α,β-unsaturated/α-hetero) is 1. The second-order valence-corrected chi connectivity index (χ2v) is 5.21. The molecule has 0 radical (unpaired) electrons. The highest BCUT2D eigenvalue weighted by atomic mass is 16.5. The first kappa shape index (κ1) is 15.9. The predicted molar refractivity (Wildman–Crippen MR) is 76.5 cm³/mol. The van der Waals surface area contributed by atoms with Crippen LogP contribution in [0.2, 0.25) is 0 Å². The standard InChI is InChI=1S/C16H24O3/c1-5-14(19-12-11-16(2,3)18-4)15(17)13-9-7-6-8-10-13/h6-10,14H,5,11-12H2,1-4H3. The minimum absolute atomic E-state index is 0.0540. The lowest BCUT2D eigenvalue weighted by Crippen LogP contribution is -2.29. The van der Waals surface area contributed by atoms with Crippen LogP contribution in [0.5, 0.6) is 0 Å². The molecule has 0 amide bonds. The largest absolute Gasteiger partial charge is 0.379 e. The van der Waals surface area contributed by atoms with Crippen LogP contribution < -0.4 is 0 Å². The first-order valence-corrected chi connectivity index (χ1v) is 6.76. The van der Waals surface area contributed by atoms with E-state index in [0.717, 1.165) is 6.42 Å². The SMILES string of the molecule is CCC(OCCC(C)(C)OC)C(=O)c1ccccc1. The highest BCUT2D eigenvalue weighted by molar-refractivity contribution is 5.99. The van der Waals surface area contributed by atoms with Crippen molar-refractivity contribution >= 4 is 5.78 Å². The number of ether oxygens (including phenoxy) is 2. The highest BCUT2D eigenvalue weighted by Crippen LogP contribution is 2.15. The monoisotopic (exact) mass is 264 g/mol. The Morgan fingerprint density at radius 2 is 1.89 bits per heavy atom. The van der Waals surface area contributed by atoms with E-state index in [4.69, 9.17) is 9.47 Å². The Labute approximate surface area is 115 Å². The summed E-state index contributed by atoms with van der Waals surface area (Å²) in [6, 6.07) is 9.29. The van der Waals surface area contributed by atoms with Crippen molar-refractivity contribution < 1.29 is 14.3 Å². The molecule has 19 heavy (non-hydrogen) atoms. The molecule has 0 spiro atoms. The third-order valence-electron chi connectivity index (χ3n) is 3.30. The summed E-state index contributed by atoms with van der Waals surface area (Å²) in [5, 5.41) is 0. The molecule has 1 aromatic rings. The molecule has 0 heterocycles. The summed E-state index contributed by atoms with van der Waals surface area (Å²) in [5.74, 6) is 0.0540. The van der Waals surface area contributed by atoms with E-state index in [1.165, 1.54) is 0 Å². The van der Waals surface area contributed by atoms with Crippen LogP contribution in [-0.4, -0.2) is 31.2 Å². The van der Waals surface area contributed by atoms with Gasteiger partial charge in [0.15, 0.2) is 5.78 Å². The van der Waals surface area contributed by atoms with E-state index in [-0.39, 0.29) is 17.5 Å². The molecule has 0 N–H and O–H groups in total. The zero-order chi connectivity index (χ0) is 14.3. The van der Waals surface area contributed by atoms with Gasteiger partial charge in [-0.2, -0.15) is 0 Å². The van der Waals surface area contributed by atoms with Crippen LogP contribution in [-0.2, 0) is 9.47 Å². The summed E-state index contributed by atoms with van der Waals surface area (Å²) in [6.07, 6.45) is 1.08. The third-order valence-corrected chi connectivity index (χ3v) is 3.30. The lowest BCUT2D eigenvalue weighted by atomic mass is 10.0. The van der Waals surface area contributed by atoms with Gasteiger partial charge in [-0.25, -0.2) is 0 Å². The van der Waals surface area contributed by atoms with E-state index < -0.39 is 0 Å². The molecular weight excluding hydrogens is 240 g/mol. The summed E-state index contributed by atoms with van der Waals surface area (Å²) in [5.41, 5.74) is 0.494. The van der Waals surface area contributed by atoms with Gasteiger partial charge in [0.05, 0.1) is 12.2 Å². The van der Waals surface area contributed by atoms with Crippen molar-refractivity contribution in [1.29, 1.82) is 0 Å². The van der Waals surface area contributed by atoms with Crippen LogP contribution in [0, 0.1) is 0 Å². The van der Waals surface area contributed by atoms with Gasteiger partial charge in [0.25, 0.3) is 0 Å². The Kier molecular flexibility index (Phi) is 6.19. The number of hydrogen-bond donors (Lipinski definition) is 0. The normalized spacial score (nSPS) is 13.3. The smallest absolute Gasteiger partial charge is 0.191 e. The van der Waals surface area contributed by atoms with Gasteiger partial charge in [-0.3, -0.25) is 4.79 Å². The Morgan fingerprint density at radius 1 is 1.26 bits per heavy atom. The summed E-state index contributed by atoms with van der Waals surface area (Å²) in [6.45, 7) is 6.51. The molecule has 1 unspecified atom stereocenters. The number of methoxy groups -OCH3 is 1. The van der Waals surface area contributed by atoms with E-state index in [9.17, 15) is 4.79 Å². The topological polar surface area (TPSA) is 35.5 Å². The lowest BCUT2D eigenvalue weighted by Gasteiger charge is -2.24. The van der Waals surface area contributed by atoms with Crippen LogP contribution in [0.1, 0.15) is 44.0 Å². The van der Waals surface area contributed by atoms with E-state index in [0.29, 0.717) is 18.6 Å². The van der Waals surface area contributed by atoms with Gasteiger partial charge < -0.3 is 9.47 Å². The molecule has 1 aromatic carbocycles. The van der Waals surface area contributed by atoms with Crippen molar-refractivity contribution in [3.05, 3.63) is 35.9 Å². The van der Waals surface area contributed by atoms with Gasteiger partial charge in [0.2, 0.25) is 0 Å². The number of carbonyl (C=O) groups excluding carboxylic acids is 1. The number of carbonyl (C=O) groups is 1. The van der Waals surface area contributed by atoms with Crippen LogP contribution >= 0.6 is 0 Å². The molecule has 3 heteroatoms. The van der Waals surface area contributed by atoms with Crippen LogP contribution in [0.15, 0.2) is 30.3 Å². The molecule has 0 saturated carbocycles. The van der Waals surface area contributed by atoms with E-state index in [1.54, 1.807) is 7.11 Å². The summed E-state index contributed by atoms with van der Waals surface area (Å²) >= 11 is 0. The number of rotatable bonds is 8. The molecule has 0 aromatic heterocycles. The molecule has 0 saturated heterocycles. The van der Waals surface area contributed by atoms with Gasteiger partial charge in [-0.05, 0) is 26.7 Å². The summed E-state index contributed by atoms with van der Waals surface area (Å²) in [7, 11) is 1.69. The first-order chi connectivity index (χ1) is 9.00. The molecule has 0 aliphatic heterocycles. The average molecular weight is 264 g/mol.